The Hall–Kier alpha value is -0.120. The maximum Gasteiger partial charge on any atom is 0.0594 e. The highest BCUT2D eigenvalue weighted by atomic mass is 16.5. The molecule has 1 N–H and O–H groups in total. The highest BCUT2D eigenvalue weighted by Crippen LogP contribution is 2.37. The smallest absolute Gasteiger partial charge is 0.0594 e. The van der Waals surface area contributed by atoms with Gasteiger partial charge in [0.15, 0.2) is 0 Å². The third kappa shape index (κ3) is 4.73. The average Bonchev–Trinajstić information content (AvgIpc) is 2.39. The van der Waals surface area contributed by atoms with E-state index in [-0.39, 0.29) is 0 Å². The topological polar surface area (TPSA) is 24.5 Å². The van der Waals surface area contributed by atoms with Crippen LogP contribution in [0.5, 0.6) is 0 Å². The first-order valence-electron chi connectivity index (χ1n) is 8.11. The Bertz CT molecular complexity index is 256. The largest absolute Gasteiger partial charge is 0.379 e. The van der Waals surface area contributed by atoms with Gasteiger partial charge in [-0.3, -0.25) is 4.90 Å². The molecule has 2 fully saturated rings. The van der Waals surface area contributed by atoms with Crippen molar-refractivity contribution >= 4 is 0 Å². The van der Waals surface area contributed by atoms with Crippen molar-refractivity contribution in [2.24, 2.45) is 11.3 Å². The summed E-state index contributed by atoms with van der Waals surface area (Å²) in [6, 6.07) is 0.731. The molecule has 2 aliphatic rings. The molecule has 112 valence electrons. The van der Waals surface area contributed by atoms with Crippen molar-refractivity contribution < 1.29 is 4.74 Å². The molecule has 3 nitrogen and oxygen atoms in total. The molecule has 1 aliphatic heterocycles. The summed E-state index contributed by atoms with van der Waals surface area (Å²) in [7, 11) is 0. The zero-order valence-corrected chi connectivity index (χ0v) is 13.1. The lowest BCUT2D eigenvalue weighted by atomic mass is 9.69. The molecule has 2 atom stereocenters. The van der Waals surface area contributed by atoms with Crippen molar-refractivity contribution in [3.05, 3.63) is 0 Å². The van der Waals surface area contributed by atoms with Crippen molar-refractivity contribution in [2.45, 2.75) is 52.5 Å². The Morgan fingerprint density at radius 1 is 1.11 bits per heavy atom. The molecular weight excluding hydrogens is 236 g/mol. The minimum Gasteiger partial charge on any atom is -0.379 e. The highest BCUT2D eigenvalue weighted by Gasteiger charge is 2.33. The van der Waals surface area contributed by atoms with E-state index in [0.29, 0.717) is 5.41 Å². The van der Waals surface area contributed by atoms with Crippen molar-refractivity contribution in [1.29, 1.82) is 0 Å². The molecule has 1 heterocycles. The van der Waals surface area contributed by atoms with Crippen LogP contribution in [-0.4, -0.2) is 50.3 Å². The second kappa shape index (κ2) is 7.05. The van der Waals surface area contributed by atoms with Crippen LogP contribution in [0.4, 0.5) is 0 Å². The molecule has 0 bridgehead atoms. The second-order valence-electron chi connectivity index (χ2n) is 7.27. The van der Waals surface area contributed by atoms with Crippen LogP contribution in [0.1, 0.15) is 46.5 Å². The molecule has 19 heavy (non-hydrogen) atoms. The molecule has 1 aliphatic carbocycles. The molecule has 1 saturated heterocycles. The first-order chi connectivity index (χ1) is 9.07. The molecule has 0 spiro atoms. The van der Waals surface area contributed by atoms with Crippen LogP contribution in [0.15, 0.2) is 0 Å². The lowest BCUT2D eigenvalue weighted by Crippen LogP contribution is -2.47. The van der Waals surface area contributed by atoms with E-state index in [2.05, 4.69) is 31.0 Å². The first kappa shape index (κ1) is 15.3. The van der Waals surface area contributed by atoms with E-state index < -0.39 is 0 Å². The molecular formula is C16H32N2O. The average molecular weight is 268 g/mol. The number of rotatable bonds is 4. The molecule has 2 unspecified atom stereocenters. The van der Waals surface area contributed by atoms with E-state index in [0.717, 1.165) is 44.8 Å². The molecule has 0 aromatic carbocycles. The lowest BCUT2D eigenvalue weighted by molar-refractivity contribution is 0.0368. The number of hydrogen-bond acceptors (Lipinski definition) is 3. The standard InChI is InChI=1S/C16H32N2O/c1-16(2,3)14-6-4-5-7-15(14)17-8-9-18-10-12-19-13-11-18/h14-15,17H,4-13H2,1-3H3. The van der Waals surface area contributed by atoms with Crippen LogP contribution in [-0.2, 0) is 4.74 Å². The SMILES string of the molecule is CC(C)(C)C1CCCCC1NCCN1CCOCC1. The summed E-state index contributed by atoms with van der Waals surface area (Å²) >= 11 is 0. The Labute approximate surface area is 119 Å². The van der Waals surface area contributed by atoms with Crippen molar-refractivity contribution in [2.75, 3.05) is 39.4 Å². The fourth-order valence-electron chi connectivity index (χ4n) is 3.64. The molecule has 3 heteroatoms. The number of nitrogens with one attached hydrogen (secondary N) is 1. The van der Waals surface area contributed by atoms with E-state index in [9.17, 15) is 0 Å². The summed E-state index contributed by atoms with van der Waals surface area (Å²) in [5, 5.41) is 3.84. The normalized spacial score (nSPS) is 30.5. The fourth-order valence-corrected chi connectivity index (χ4v) is 3.64. The first-order valence-corrected chi connectivity index (χ1v) is 8.11. The van der Waals surface area contributed by atoms with E-state index in [1.165, 1.54) is 32.2 Å². The highest BCUT2D eigenvalue weighted by molar-refractivity contribution is 4.88. The van der Waals surface area contributed by atoms with Crippen LogP contribution >= 0.6 is 0 Å². The summed E-state index contributed by atoms with van der Waals surface area (Å²) < 4.78 is 5.40. The van der Waals surface area contributed by atoms with Crippen LogP contribution in [0, 0.1) is 11.3 Å². The summed E-state index contributed by atoms with van der Waals surface area (Å²) in [6.07, 6.45) is 5.59. The predicted octanol–water partition coefficient (Wildman–Crippen LogP) is 2.51. The Morgan fingerprint density at radius 2 is 1.79 bits per heavy atom. The van der Waals surface area contributed by atoms with Gasteiger partial charge in [-0.2, -0.15) is 0 Å². The van der Waals surface area contributed by atoms with Gasteiger partial charge in [0.25, 0.3) is 0 Å². The second-order valence-corrected chi connectivity index (χ2v) is 7.27. The summed E-state index contributed by atoms with van der Waals surface area (Å²) in [5.41, 5.74) is 0.442. The Balaban J connectivity index is 1.73. The Morgan fingerprint density at radius 3 is 2.47 bits per heavy atom. The van der Waals surface area contributed by atoms with E-state index in [1.807, 2.05) is 0 Å². The third-order valence-electron chi connectivity index (χ3n) is 4.82. The molecule has 0 aromatic rings. The van der Waals surface area contributed by atoms with Gasteiger partial charge in [-0.15, -0.1) is 0 Å². The van der Waals surface area contributed by atoms with Gasteiger partial charge in [0.2, 0.25) is 0 Å². The number of nitrogens with zero attached hydrogens (tertiary/aromatic N) is 1. The van der Waals surface area contributed by atoms with Crippen LogP contribution in [0.3, 0.4) is 0 Å². The van der Waals surface area contributed by atoms with Gasteiger partial charge in [-0.1, -0.05) is 33.6 Å². The van der Waals surface area contributed by atoms with Crippen LogP contribution < -0.4 is 5.32 Å². The van der Waals surface area contributed by atoms with Crippen LogP contribution in [0.25, 0.3) is 0 Å². The maximum atomic E-state index is 5.40. The van der Waals surface area contributed by atoms with E-state index in [4.69, 9.17) is 4.74 Å². The van der Waals surface area contributed by atoms with E-state index in [1.54, 1.807) is 0 Å². The van der Waals surface area contributed by atoms with Gasteiger partial charge in [0.1, 0.15) is 0 Å². The minimum absolute atomic E-state index is 0.442. The maximum absolute atomic E-state index is 5.40. The zero-order valence-electron chi connectivity index (χ0n) is 13.1. The predicted molar refractivity (Wildman–Crippen MR) is 80.5 cm³/mol. The molecule has 0 aromatic heterocycles. The molecule has 0 amide bonds. The van der Waals surface area contributed by atoms with Gasteiger partial charge in [-0.05, 0) is 24.2 Å². The van der Waals surface area contributed by atoms with Gasteiger partial charge in [0, 0.05) is 32.2 Å². The minimum atomic E-state index is 0.442. The van der Waals surface area contributed by atoms with Crippen molar-refractivity contribution in [3.63, 3.8) is 0 Å². The van der Waals surface area contributed by atoms with Crippen molar-refractivity contribution in [3.8, 4) is 0 Å². The summed E-state index contributed by atoms with van der Waals surface area (Å²) in [5.74, 6) is 0.839. The summed E-state index contributed by atoms with van der Waals surface area (Å²) in [6.45, 7) is 13.6. The van der Waals surface area contributed by atoms with Crippen molar-refractivity contribution in [1.82, 2.24) is 10.2 Å². The molecule has 2 rings (SSSR count). The van der Waals surface area contributed by atoms with Crippen LogP contribution in [0.2, 0.25) is 0 Å². The molecule has 1 saturated carbocycles. The quantitative estimate of drug-likeness (QED) is 0.848. The zero-order chi connectivity index (χ0) is 13.7. The lowest BCUT2D eigenvalue weighted by Gasteiger charge is -2.41. The van der Waals surface area contributed by atoms with E-state index >= 15 is 0 Å². The van der Waals surface area contributed by atoms with Gasteiger partial charge in [-0.25, -0.2) is 0 Å². The third-order valence-corrected chi connectivity index (χ3v) is 4.82. The summed E-state index contributed by atoms with van der Waals surface area (Å²) in [4.78, 5) is 2.52. The number of hydrogen-bond donors (Lipinski definition) is 1. The molecule has 0 radical (unpaired) electrons. The van der Waals surface area contributed by atoms with Gasteiger partial charge in [0.05, 0.1) is 13.2 Å². The number of morpholine rings is 1. The monoisotopic (exact) mass is 268 g/mol. The number of ether oxygens (including phenoxy) is 1. The Kier molecular flexibility index (Phi) is 5.67. The van der Waals surface area contributed by atoms with Gasteiger partial charge < -0.3 is 10.1 Å². The fraction of sp³-hybridized carbons (Fsp3) is 1.00. The van der Waals surface area contributed by atoms with Gasteiger partial charge >= 0.3 is 0 Å².